The van der Waals surface area contributed by atoms with Gasteiger partial charge in [0.05, 0.1) is 10.5 Å². The number of nitrogens with one attached hydrogen (secondary N) is 1. The number of anilines is 1. The zero-order valence-electron chi connectivity index (χ0n) is 15.7. The Labute approximate surface area is 163 Å². The van der Waals surface area contributed by atoms with E-state index in [1.165, 1.54) is 12.1 Å². The molecular formula is C20H20N2O5S. The van der Waals surface area contributed by atoms with Crippen LogP contribution in [0.15, 0.2) is 57.9 Å². The van der Waals surface area contributed by atoms with Gasteiger partial charge in [-0.15, -0.1) is 0 Å². The normalized spacial score (nSPS) is 11.2. The van der Waals surface area contributed by atoms with Crippen molar-refractivity contribution in [1.82, 2.24) is 5.16 Å². The number of hydrogen-bond donors (Lipinski definition) is 1. The van der Waals surface area contributed by atoms with E-state index in [1.54, 1.807) is 44.2 Å². The van der Waals surface area contributed by atoms with Gasteiger partial charge in [0.25, 0.3) is 10.0 Å². The number of sulfonamides is 1. The number of rotatable bonds is 6. The Balaban J connectivity index is 1.80. The molecule has 28 heavy (non-hydrogen) atoms. The van der Waals surface area contributed by atoms with Gasteiger partial charge in [-0.1, -0.05) is 23.4 Å². The molecule has 146 valence electrons. The Morgan fingerprint density at radius 2 is 1.89 bits per heavy atom. The molecule has 0 unspecified atom stereocenters. The number of aromatic nitrogens is 1. The number of benzene rings is 2. The zero-order valence-corrected chi connectivity index (χ0v) is 16.5. The zero-order chi connectivity index (χ0) is 20.3. The molecule has 0 fully saturated rings. The fourth-order valence-electron chi connectivity index (χ4n) is 2.61. The molecule has 0 aliphatic rings. The summed E-state index contributed by atoms with van der Waals surface area (Å²) < 4.78 is 38.1. The molecule has 0 spiro atoms. The molecular weight excluding hydrogens is 380 g/mol. The number of carbonyl (C=O) groups excluding carboxylic acids is 1. The summed E-state index contributed by atoms with van der Waals surface area (Å²) in [6.45, 7) is 5.25. The Morgan fingerprint density at radius 3 is 2.57 bits per heavy atom. The second kappa shape index (κ2) is 7.85. The summed E-state index contributed by atoms with van der Waals surface area (Å²) in [4.78, 5) is 12.4. The summed E-state index contributed by atoms with van der Waals surface area (Å²) in [5.74, 6) is -0.0247. The second-order valence-electron chi connectivity index (χ2n) is 6.46. The van der Waals surface area contributed by atoms with Gasteiger partial charge in [-0.05, 0) is 56.2 Å². The van der Waals surface area contributed by atoms with Crippen LogP contribution in [0.2, 0.25) is 0 Å². The fourth-order valence-corrected chi connectivity index (χ4v) is 3.69. The summed E-state index contributed by atoms with van der Waals surface area (Å²) in [6.07, 6.45) is 0. The molecule has 1 N–H and O–H groups in total. The molecule has 0 radical (unpaired) electrons. The summed E-state index contributed by atoms with van der Waals surface area (Å²) >= 11 is 0. The average Bonchev–Trinajstić information content (AvgIpc) is 3.05. The topological polar surface area (TPSA) is 98.5 Å². The van der Waals surface area contributed by atoms with Crippen molar-refractivity contribution in [3.8, 4) is 0 Å². The van der Waals surface area contributed by atoms with Gasteiger partial charge in [-0.25, -0.2) is 13.2 Å². The maximum atomic E-state index is 12.7. The molecule has 7 nitrogen and oxygen atoms in total. The lowest BCUT2D eigenvalue weighted by molar-refractivity contribution is 0.0463. The van der Waals surface area contributed by atoms with E-state index in [0.717, 1.165) is 5.56 Å². The monoisotopic (exact) mass is 400 g/mol. The molecule has 3 aromatic rings. The van der Waals surface area contributed by atoms with Crippen molar-refractivity contribution in [3.63, 3.8) is 0 Å². The Kier molecular flexibility index (Phi) is 5.51. The number of nitrogens with zero attached hydrogens (tertiary/aromatic N) is 1. The van der Waals surface area contributed by atoms with E-state index >= 15 is 0 Å². The minimum atomic E-state index is -3.85. The molecule has 1 heterocycles. The Morgan fingerprint density at radius 1 is 1.11 bits per heavy atom. The number of ether oxygens (including phenoxy) is 1. The molecule has 0 saturated heterocycles. The molecule has 0 amide bonds. The van der Waals surface area contributed by atoms with Crippen LogP contribution < -0.4 is 4.72 Å². The van der Waals surface area contributed by atoms with E-state index in [1.807, 2.05) is 13.0 Å². The summed E-state index contributed by atoms with van der Waals surface area (Å²) in [5, 5.41) is 3.76. The highest BCUT2D eigenvalue weighted by molar-refractivity contribution is 7.92. The Hall–Kier alpha value is -3.13. The standard InChI is InChI=1S/C20H20N2O5S/c1-13-5-4-6-16(9-13)22-28(24,25)18-8-7-14(2)19(11-18)20(23)26-12-17-10-15(3)27-21-17/h4-11,22H,12H2,1-3H3. The second-order valence-corrected chi connectivity index (χ2v) is 8.14. The van der Waals surface area contributed by atoms with Gasteiger partial charge < -0.3 is 9.26 Å². The van der Waals surface area contributed by atoms with Crippen molar-refractivity contribution in [1.29, 1.82) is 0 Å². The number of hydrogen-bond acceptors (Lipinski definition) is 6. The molecule has 0 aliphatic carbocycles. The highest BCUT2D eigenvalue weighted by Crippen LogP contribution is 2.21. The SMILES string of the molecule is Cc1cccc(NS(=O)(=O)c2ccc(C)c(C(=O)OCc3cc(C)on3)c2)c1. The molecule has 0 aliphatic heterocycles. The van der Waals surface area contributed by atoms with Gasteiger partial charge in [0, 0.05) is 11.8 Å². The van der Waals surface area contributed by atoms with E-state index in [4.69, 9.17) is 9.26 Å². The van der Waals surface area contributed by atoms with Crippen LogP contribution in [0, 0.1) is 20.8 Å². The van der Waals surface area contributed by atoms with Gasteiger partial charge in [0.15, 0.2) is 0 Å². The van der Waals surface area contributed by atoms with Crippen LogP contribution in [0.3, 0.4) is 0 Å². The third kappa shape index (κ3) is 4.58. The van der Waals surface area contributed by atoms with E-state index in [-0.39, 0.29) is 17.1 Å². The summed E-state index contributed by atoms with van der Waals surface area (Å²) in [5.41, 5.74) is 2.64. The minimum absolute atomic E-state index is 0.0242. The van der Waals surface area contributed by atoms with Crippen LogP contribution in [0.1, 0.15) is 32.9 Å². The third-order valence-corrected chi connectivity index (χ3v) is 5.42. The average molecular weight is 400 g/mol. The molecule has 0 saturated carbocycles. The fraction of sp³-hybridized carbons (Fsp3) is 0.200. The van der Waals surface area contributed by atoms with Crippen LogP contribution in [-0.2, 0) is 21.4 Å². The van der Waals surface area contributed by atoms with Crippen LogP contribution in [0.25, 0.3) is 0 Å². The predicted molar refractivity (Wildman–Crippen MR) is 104 cm³/mol. The summed E-state index contributed by atoms with van der Waals surface area (Å²) in [6, 6.07) is 13.0. The van der Waals surface area contributed by atoms with E-state index in [9.17, 15) is 13.2 Å². The van der Waals surface area contributed by atoms with Crippen LogP contribution in [0.5, 0.6) is 0 Å². The van der Waals surface area contributed by atoms with Gasteiger partial charge in [0.1, 0.15) is 18.1 Å². The number of aryl methyl sites for hydroxylation is 3. The van der Waals surface area contributed by atoms with Crippen LogP contribution >= 0.6 is 0 Å². The highest BCUT2D eigenvalue weighted by Gasteiger charge is 2.19. The lowest BCUT2D eigenvalue weighted by Gasteiger charge is -2.11. The van der Waals surface area contributed by atoms with Crippen molar-refractivity contribution < 1.29 is 22.5 Å². The highest BCUT2D eigenvalue weighted by atomic mass is 32.2. The Bertz CT molecular complexity index is 1120. The lowest BCUT2D eigenvalue weighted by Crippen LogP contribution is -2.15. The summed E-state index contributed by atoms with van der Waals surface area (Å²) in [7, 11) is -3.85. The molecule has 0 bridgehead atoms. The maximum absolute atomic E-state index is 12.7. The van der Waals surface area contributed by atoms with Gasteiger partial charge >= 0.3 is 5.97 Å². The van der Waals surface area contributed by atoms with Gasteiger partial charge in [-0.3, -0.25) is 4.72 Å². The van der Waals surface area contributed by atoms with Crippen molar-refractivity contribution in [3.05, 3.63) is 76.7 Å². The van der Waals surface area contributed by atoms with Crippen molar-refractivity contribution in [2.45, 2.75) is 32.3 Å². The molecule has 3 rings (SSSR count). The first-order valence-electron chi connectivity index (χ1n) is 8.54. The maximum Gasteiger partial charge on any atom is 0.338 e. The number of carbonyl (C=O) groups is 1. The lowest BCUT2D eigenvalue weighted by atomic mass is 10.1. The molecule has 0 atom stereocenters. The minimum Gasteiger partial charge on any atom is -0.455 e. The van der Waals surface area contributed by atoms with E-state index in [2.05, 4.69) is 9.88 Å². The third-order valence-electron chi connectivity index (χ3n) is 4.04. The molecule has 2 aromatic carbocycles. The van der Waals surface area contributed by atoms with Crippen molar-refractivity contribution in [2.24, 2.45) is 0 Å². The van der Waals surface area contributed by atoms with Crippen molar-refractivity contribution >= 4 is 21.7 Å². The van der Waals surface area contributed by atoms with Gasteiger partial charge in [-0.2, -0.15) is 0 Å². The smallest absolute Gasteiger partial charge is 0.338 e. The molecule has 1 aromatic heterocycles. The first kappa shape index (κ1) is 19.6. The quantitative estimate of drug-likeness (QED) is 0.633. The van der Waals surface area contributed by atoms with E-state index in [0.29, 0.717) is 22.7 Å². The number of esters is 1. The molecule has 8 heteroatoms. The van der Waals surface area contributed by atoms with Gasteiger partial charge in [0.2, 0.25) is 0 Å². The predicted octanol–water partition coefficient (Wildman–Crippen LogP) is 3.76. The van der Waals surface area contributed by atoms with E-state index < -0.39 is 16.0 Å². The largest absolute Gasteiger partial charge is 0.455 e. The van der Waals surface area contributed by atoms with Crippen LogP contribution in [-0.4, -0.2) is 19.5 Å². The first-order chi connectivity index (χ1) is 13.2. The van der Waals surface area contributed by atoms with Crippen LogP contribution in [0.4, 0.5) is 5.69 Å². The van der Waals surface area contributed by atoms with Crippen molar-refractivity contribution in [2.75, 3.05) is 4.72 Å². The first-order valence-corrected chi connectivity index (χ1v) is 10.0.